The van der Waals surface area contributed by atoms with Crippen molar-refractivity contribution < 1.29 is 19.1 Å². The minimum Gasteiger partial charge on any atom is -0.497 e. The second-order valence-corrected chi connectivity index (χ2v) is 9.81. The predicted molar refractivity (Wildman–Crippen MR) is 147 cm³/mol. The van der Waals surface area contributed by atoms with Crippen LogP contribution in [-0.4, -0.2) is 86.6 Å². The van der Waals surface area contributed by atoms with Crippen LogP contribution >= 0.6 is 0 Å². The second-order valence-electron chi connectivity index (χ2n) is 9.81. The van der Waals surface area contributed by atoms with E-state index in [1.807, 2.05) is 69.4 Å². The van der Waals surface area contributed by atoms with Crippen LogP contribution in [0.2, 0.25) is 0 Å². The van der Waals surface area contributed by atoms with E-state index in [0.29, 0.717) is 49.1 Å². The number of carbonyl (C=O) groups excluding carboxylic acids is 2. The zero-order valence-electron chi connectivity index (χ0n) is 22.5. The Balaban J connectivity index is 1.90. The van der Waals surface area contributed by atoms with E-state index >= 15 is 0 Å². The third kappa shape index (κ3) is 5.76. The molecule has 0 saturated carbocycles. The van der Waals surface area contributed by atoms with Gasteiger partial charge in [0.2, 0.25) is 5.91 Å². The number of nitrogens with two attached hydrogens (primary N) is 1. The highest BCUT2D eigenvalue weighted by atomic mass is 16.5. The molecule has 0 spiro atoms. The summed E-state index contributed by atoms with van der Waals surface area (Å²) in [4.78, 5) is 35.0. The molecule has 1 saturated heterocycles. The smallest absolute Gasteiger partial charge is 0.326 e. The number of rotatable bonds is 9. The molecule has 38 heavy (non-hydrogen) atoms. The fourth-order valence-electron chi connectivity index (χ4n) is 5.09. The maximum absolute atomic E-state index is 14.3. The van der Waals surface area contributed by atoms with Crippen LogP contribution in [0.15, 0.2) is 53.5 Å². The van der Waals surface area contributed by atoms with Crippen LogP contribution in [0, 0.1) is 5.92 Å². The van der Waals surface area contributed by atoms with Crippen LogP contribution in [-0.2, 0) is 4.79 Å². The summed E-state index contributed by atoms with van der Waals surface area (Å²) in [5.41, 5.74) is 7.97. The number of aliphatic imine (C=N–C) groups is 1. The molecule has 1 fully saturated rings. The number of nitrogens with one attached hydrogen (secondary N) is 2. The lowest BCUT2D eigenvalue weighted by Crippen LogP contribution is -2.58. The summed E-state index contributed by atoms with van der Waals surface area (Å²) in [5, 5.41) is 6.03. The molecule has 10 heteroatoms. The molecule has 2 aliphatic heterocycles. The number of piperazine rings is 1. The Morgan fingerprint density at radius 3 is 2.63 bits per heavy atom. The largest absolute Gasteiger partial charge is 0.497 e. The molecule has 3 amide bonds. The maximum atomic E-state index is 14.3. The van der Waals surface area contributed by atoms with Gasteiger partial charge in [-0.15, -0.1) is 0 Å². The number of hydrogen-bond donors (Lipinski definition) is 3. The Hall–Kier alpha value is -3.63. The summed E-state index contributed by atoms with van der Waals surface area (Å²) in [7, 11) is 3.47. The lowest BCUT2D eigenvalue weighted by atomic mass is 9.88. The van der Waals surface area contributed by atoms with Crippen LogP contribution in [0.3, 0.4) is 0 Å². The molecule has 1 unspecified atom stereocenters. The Labute approximate surface area is 224 Å². The first-order valence-corrected chi connectivity index (χ1v) is 13.0. The molecule has 3 atom stereocenters. The Morgan fingerprint density at radius 1 is 1.24 bits per heavy atom. The average molecular weight is 523 g/mol. The quantitative estimate of drug-likeness (QED) is 0.463. The Bertz CT molecular complexity index is 1160. The van der Waals surface area contributed by atoms with E-state index in [1.54, 1.807) is 16.9 Å². The van der Waals surface area contributed by atoms with E-state index in [2.05, 4.69) is 10.6 Å². The first-order chi connectivity index (χ1) is 18.4. The van der Waals surface area contributed by atoms with Gasteiger partial charge in [0.15, 0.2) is 0 Å². The fraction of sp³-hybridized carbons (Fsp3) is 0.464. The van der Waals surface area contributed by atoms with Crippen molar-refractivity contribution in [3.05, 3.63) is 59.7 Å². The van der Waals surface area contributed by atoms with E-state index in [4.69, 9.17) is 20.2 Å². The summed E-state index contributed by atoms with van der Waals surface area (Å²) in [5.74, 6) is 1.41. The van der Waals surface area contributed by atoms with Crippen molar-refractivity contribution in [1.29, 1.82) is 0 Å². The number of methoxy groups -OCH3 is 1. The number of carbonyl (C=O) groups is 2. The van der Waals surface area contributed by atoms with Gasteiger partial charge in [0.05, 0.1) is 30.9 Å². The van der Waals surface area contributed by atoms with Crippen LogP contribution in [0.5, 0.6) is 11.5 Å². The second kappa shape index (κ2) is 12.3. The third-order valence-electron chi connectivity index (χ3n) is 6.81. The maximum Gasteiger partial charge on any atom is 0.326 e. The van der Waals surface area contributed by atoms with Gasteiger partial charge < -0.3 is 30.7 Å². The highest BCUT2D eigenvalue weighted by molar-refractivity contribution is 6.11. The van der Waals surface area contributed by atoms with Crippen molar-refractivity contribution in [2.75, 3.05) is 46.9 Å². The van der Waals surface area contributed by atoms with Gasteiger partial charge in [-0.1, -0.05) is 30.3 Å². The summed E-state index contributed by atoms with van der Waals surface area (Å²) in [6.45, 7) is 5.63. The van der Waals surface area contributed by atoms with E-state index in [9.17, 15) is 9.59 Å². The van der Waals surface area contributed by atoms with E-state index < -0.39 is 0 Å². The molecule has 2 aromatic rings. The van der Waals surface area contributed by atoms with Gasteiger partial charge in [0.1, 0.15) is 23.9 Å². The number of ether oxygens (including phenoxy) is 2. The molecule has 10 nitrogen and oxygen atoms in total. The molecule has 0 aliphatic carbocycles. The summed E-state index contributed by atoms with van der Waals surface area (Å²) in [6, 6.07) is 14.5. The highest BCUT2D eigenvalue weighted by Gasteiger charge is 2.47. The molecule has 0 bridgehead atoms. The van der Waals surface area contributed by atoms with Crippen molar-refractivity contribution in [2.45, 2.75) is 32.0 Å². The molecular weight excluding hydrogens is 484 g/mol. The minimum atomic E-state index is -0.378. The molecule has 204 valence electrons. The standard InChI is InChI=1S/C28H38N6O4/c1-18(2)38-23-14-21(37-4)10-11-22(23)27-32-25(19-8-6-5-7-9-19)26(20(15-29)16-30-3)34(27)28(36)33-13-12-31-24(35)17-33/h5-11,14,18,20,25-26,30H,12-13,15-17,29H2,1-4H3,(H,31,35)/t20?,25-,26+/m0/s1. The van der Waals surface area contributed by atoms with Gasteiger partial charge in [-0.05, 0) is 45.1 Å². The van der Waals surface area contributed by atoms with Gasteiger partial charge in [0.25, 0.3) is 0 Å². The van der Waals surface area contributed by atoms with Gasteiger partial charge in [0, 0.05) is 31.6 Å². The minimum absolute atomic E-state index is 0.0113. The Kier molecular flexibility index (Phi) is 8.85. The molecule has 2 aliphatic rings. The molecule has 4 N–H and O–H groups in total. The lowest BCUT2D eigenvalue weighted by Gasteiger charge is -2.38. The summed E-state index contributed by atoms with van der Waals surface area (Å²) >= 11 is 0. The number of amides is 3. The summed E-state index contributed by atoms with van der Waals surface area (Å²) in [6.07, 6.45) is -0.111. The van der Waals surface area contributed by atoms with E-state index in [-0.39, 0.29) is 42.6 Å². The van der Waals surface area contributed by atoms with Crippen molar-refractivity contribution in [1.82, 2.24) is 20.4 Å². The number of hydrogen-bond acceptors (Lipinski definition) is 7. The van der Waals surface area contributed by atoms with Crippen LogP contribution in [0.25, 0.3) is 0 Å². The SMILES string of the molecule is CNCC(CN)[C@@H]1[C@H](c2ccccc2)N=C(c2ccc(OC)cc2OC(C)C)N1C(=O)N1CCNC(=O)C1. The molecule has 2 heterocycles. The highest BCUT2D eigenvalue weighted by Crippen LogP contribution is 2.40. The molecule has 0 radical (unpaired) electrons. The predicted octanol–water partition coefficient (Wildman–Crippen LogP) is 2.00. The first-order valence-electron chi connectivity index (χ1n) is 13.0. The van der Waals surface area contributed by atoms with E-state index in [0.717, 1.165) is 5.56 Å². The zero-order valence-corrected chi connectivity index (χ0v) is 22.5. The fourth-order valence-corrected chi connectivity index (χ4v) is 5.09. The normalized spacial score (nSPS) is 20.3. The lowest BCUT2D eigenvalue weighted by molar-refractivity contribution is -0.123. The molecule has 4 rings (SSSR count). The van der Waals surface area contributed by atoms with Crippen molar-refractivity contribution in [3.8, 4) is 11.5 Å². The average Bonchev–Trinajstić information content (AvgIpc) is 3.31. The van der Waals surface area contributed by atoms with E-state index in [1.165, 1.54) is 0 Å². The van der Waals surface area contributed by atoms with Crippen molar-refractivity contribution >= 4 is 17.8 Å². The van der Waals surface area contributed by atoms with Gasteiger partial charge in [-0.25, -0.2) is 4.79 Å². The number of nitrogens with zero attached hydrogens (tertiary/aromatic N) is 3. The third-order valence-corrected chi connectivity index (χ3v) is 6.81. The summed E-state index contributed by atoms with van der Waals surface area (Å²) < 4.78 is 11.6. The monoisotopic (exact) mass is 522 g/mol. The first kappa shape index (κ1) is 27.4. The van der Waals surface area contributed by atoms with Gasteiger partial charge in [-0.2, -0.15) is 0 Å². The van der Waals surface area contributed by atoms with Crippen molar-refractivity contribution in [3.63, 3.8) is 0 Å². The molecule has 0 aromatic heterocycles. The van der Waals surface area contributed by atoms with Gasteiger partial charge >= 0.3 is 6.03 Å². The van der Waals surface area contributed by atoms with Crippen molar-refractivity contribution in [2.24, 2.45) is 16.6 Å². The molecular formula is C28H38N6O4. The molecule has 2 aromatic carbocycles. The van der Waals surface area contributed by atoms with Gasteiger partial charge in [-0.3, -0.25) is 14.7 Å². The van der Waals surface area contributed by atoms with Crippen LogP contribution < -0.4 is 25.8 Å². The zero-order chi connectivity index (χ0) is 27.2. The van der Waals surface area contributed by atoms with Crippen LogP contribution in [0.4, 0.5) is 4.79 Å². The van der Waals surface area contributed by atoms with Crippen LogP contribution in [0.1, 0.15) is 31.0 Å². The topological polar surface area (TPSA) is 122 Å². The Morgan fingerprint density at radius 2 is 2.00 bits per heavy atom. The number of amidine groups is 1. The number of benzene rings is 2. The number of urea groups is 1.